The number of nitrogens with one attached hydrogen (secondary N) is 1. The second kappa shape index (κ2) is 6.07. The Morgan fingerprint density at radius 1 is 1.35 bits per heavy atom. The number of rotatable bonds is 5. The summed E-state index contributed by atoms with van der Waals surface area (Å²) in [6, 6.07) is 3.94. The van der Waals surface area contributed by atoms with Gasteiger partial charge in [0, 0.05) is 6.54 Å². The minimum Gasteiger partial charge on any atom is -0.354 e. The minimum absolute atomic E-state index is 0.0518. The number of carbonyl (C=O) groups is 1. The van der Waals surface area contributed by atoms with Gasteiger partial charge in [0.2, 0.25) is 5.91 Å². The molecule has 0 fully saturated rings. The number of hydrogen-bond donors (Lipinski definition) is 1. The smallest absolute Gasteiger partial charge is 0.242 e. The summed E-state index contributed by atoms with van der Waals surface area (Å²) in [6.07, 6.45) is 3.86. The molecule has 1 aromatic heterocycles. The van der Waals surface area contributed by atoms with Gasteiger partial charge in [-0.15, -0.1) is 0 Å². The van der Waals surface area contributed by atoms with Crippen LogP contribution in [0, 0.1) is 13.8 Å². The van der Waals surface area contributed by atoms with Crippen LogP contribution in [0.2, 0.25) is 0 Å². The molecule has 1 aromatic carbocycles. The molecule has 4 heteroatoms. The van der Waals surface area contributed by atoms with Crippen LogP contribution in [0.4, 0.5) is 0 Å². The molecule has 1 atom stereocenters. The third kappa shape index (κ3) is 2.84. The molecule has 2 aromatic rings. The van der Waals surface area contributed by atoms with E-state index in [1.54, 1.807) is 6.33 Å². The average molecular weight is 273 g/mol. The lowest BCUT2D eigenvalue weighted by Crippen LogP contribution is -2.31. The highest BCUT2D eigenvalue weighted by molar-refractivity contribution is 5.84. The summed E-state index contributed by atoms with van der Waals surface area (Å²) in [5, 5.41) is 2.97. The fourth-order valence-electron chi connectivity index (χ4n) is 2.25. The van der Waals surface area contributed by atoms with Crippen LogP contribution in [0.15, 0.2) is 18.5 Å². The number of amides is 1. The normalized spacial score (nSPS) is 12.6. The van der Waals surface area contributed by atoms with Crippen LogP contribution in [0.25, 0.3) is 11.0 Å². The van der Waals surface area contributed by atoms with Gasteiger partial charge < -0.3 is 9.88 Å². The molecule has 108 valence electrons. The summed E-state index contributed by atoms with van der Waals surface area (Å²) < 4.78 is 1.95. The van der Waals surface area contributed by atoms with Gasteiger partial charge in [-0.1, -0.05) is 13.3 Å². The van der Waals surface area contributed by atoms with E-state index >= 15 is 0 Å². The number of nitrogens with zero attached hydrogens (tertiary/aromatic N) is 2. The van der Waals surface area contributed by atoms with Gasteiger partial charge in [0.1, 0.15) is 6.04 Å². The summed E-state index contributed by atoms with van der Waals surface area (Å²) in [5.74, 6) is 0.0518. The van der Waals surface area contributed by atoms with Gasteiger partial charge in [0.05, 0.1) is 17.4 Å². The molecule has 1 amide bonds. The monoisotopic (exact) mass is 273 g/mol. The fraction of sp³-hybridized carbons (Fsp3) is 0.500. The first kappa shape index (κ1) is 14.6. The fourth-order valence-corrected chi connectivity index (χ4v) is 2.25. The predicted octanol–water partition coefficient (Wildman–Crippen LogP) is 3.13. The molecule has 1 heterocycles. The molecule has 0 radical (unpaired) electrons. The summed E-state index contributed by atoms with van der Waals surface area (Å²) in [6.45, 7) is 8.93. The molecular formula is C16H23N3O. The van der Waals surface area contributed by atoms with Crippen molar-refractivity contribution in [2.45, 2.75) is 46.6 Å². The highest BCUT2D eigenvalue weighted by Crippen LogP contribution is 2.21. The predicted molar refractivity (Wildman–Crippen MR) is 81.8 cm³/mol. The topological polar surface area (TPSA) is 46.9 Å². The molecule has 20 heavy (non-hydrogen) atoms. The minimum atomic E-state index is -0.237. The third-order valence-electron chi connectivity index (χ3n) is 3.82. The van der Waals surface area contributed by atoms with Crippen molar-refractivity contribution in [1.29, 1.82) is 0 Å². The second-order valence-corrected chi connectivity index (χ2v) is 5.40. The number of benzene rings is 1. The number of aromatic nitrogens is 2. The molecule has 0 aliphatic carbocycles. The maximum atomic E-state index is 12.2. The van der Waals surface area contributed by atoms with Crippen molar-refractivity contribution in [2.24, 2.45) is 0 Å². The summed E-state index contributed by atoms with van der Waals surface area (Å²) >= 11 is 0. The molecule has 4 nitrogen and oxygen atoms in total. The zero-order valence-corrected chi connectivity index (χ0v) is 12.7. The van der Waals surface area contributed by atoms with Crippen LogP contribution in [0.5, 0.6) is 0 Å². The number of hydrogen-bond acceptors (Lipinski definition) is 2. The number of carbonyl (C=O) groups excluding carboxylic acids is 1. The van der Waals surface area contributed by atoms with Crippen molar-refractivity contribution < 1.29 is 4.79 Å². The first-order valence-corrected chi connectivity index (χ1v) is 7.26. The van der Waals surface area contributed by atoms with E-state index in [1.165, 1.54) is 11.1 Å². The SMILES string of the molecule is CCCCNC(=O)C(C)n1cnc2cc(C)c(C)cc21. The number of aryl methyl sites for hydroxylation is 2. The Bertz CT molecular complexity index is 615. The quantitative estimate of drug-likeness (QED) is 0.851. The van der Waals surface area contributed by atoms with Crippen molar-refractivity contribution in [2.75, 3.05) is 6.54 Å². The van der Waals surface area contributed by atoms with Gasteiger partial charge in [-0.2, -0.15) is 0 Å². The molecule has 0 aliphatic rings. The van der Waals surface area contributed by atoms with Gasteiger partial charge in [-0.3, -0.25) is 4.79 Å². The van der Waals surface area contributed by atoms with Gasteiger partial charge in [-0.05, 0) is 50.5 Å². The Morgan fingerprint density at radius 3 is 2.75 bits per heavy atom. The van der Waals surface area contributed by atoms with Crippen molar-refractivity contribution >= 4 is 16.9 Å². The molecule has 1 unspecified atom stereocenters. The second-order valence-electron chi connectivity index (χ2n) is 5.40. The maximum Gasteiger partial charge on any atom is 0.242 e. The lowest BCUT2D eigenvalue weighted by atomic mass is 10.1. The Balaban J connectivity index is 2.24. The van der Waals surface area contributed by atoms with Crippen molar-refractivity contribution in [1.82, 2.24) is 14.9 Å². The number of unbranched alkanes of at least 4 members (excludes halogenated alkanes) is 1. The van der Waals surface area contributed by atoms with E-state index in [-0.39, 0.29) is 11.9 Å². The molecule has 0 saturated carbocycles. The highest BCUT2D eigenvalue weighted by atomic mass is 16.2. The first-order chi connectivity index (χ1) is 9.54. The standard InChI is InChI=1S/C16H23N3O/c1-5-6-7-17-16(20)13(4)19-10-18-14-8-11(2)12(3)9-15(14)19/h8-10,13H,5-7H2,1-4H3,(H,17,20). The van der Waals surface area contributed by atoms with Crippen LogP contribution in [0.1, 0.15) is 43.9 Å². The van der Waals surface area contributed by atoms with Crippen LogP contribution < -0.4 is 5.32 Å². The summed E-state index contributed by atoms with van der Waals surface area (Å²) in [5.41, 5.74) is 4.41. The largest absolute Gasteiger partial charge is 0.354 e. The zero-order chi connectivity index (χ0) is 14.7. The van der Waals surface area contributed by atoms with Crippen LogP contribution in [-0.2, 0) is 4.79 Å². The Kier molecular flexibility index (Phi) is 4.42. The highest BCUT2D eigenvalue weighted by Gasteiger charge is 2.17. The lowest BCUT2D eigenvalue weighted by Gasteiger charge is -2.15. The molecule has 1 N–H and O–H groups in total. The van der Waals surface area contributed by atoms with Crippen LogP contribution in [-0.4, -0.2) is 22.0 Å². The first-order valence-electron chi connectivity index (χ1n) is 7.26. The lowest BCUT2D eigenvalue weighted by molar-refractivity contribution is -0.123. The van der Waals surface area contributed by atoms with E-state index in [4.69, 9.17) is 0 Å². The van der Waals surface area contributed by atoms with Gasteiger partial charge in [0.15, 0.2) is 0 Å². The Hall–Kier alpha value is -1.84. The Morgan fingerprint density at radius 2 is 2.05 bits per heavy atom. The van der Waals surface area contributed by atoms with E-state index in [2.05, 4.69) is 43.2 Å². The molecule has 0 bridgehead atoms. The van der Waals surface area contributed by atoms with Gasteiger partial charge in [0.25, 0.3) is 0 Å². The Labute approximate surface area is 120 Å². The zero-order valence-electron chi connectivity index (χ0n) is 12.7. The van der Waals surface area contributed by atoms with Crippen LogP contribution in [0.3, 0.4) is 0 Å². The van der Waals surface area contributed by atoms with E-state index in [9.17, 15) is 4.79 Å². The molecule has 0 aliphatic heterocycles. The molecule has 0 spiro atoms. The van der Waals surface area contributed by atoms with Gasteiger partial charge in [-0.25, -0.2) is 4.98 Å². The molecule has 0 saturated heterocycles. The van der Waals surface area contributed by atoms with E-state index in [1.807, 2.05) is 11.5 Å². The van der Waals surface area contributed by atoms with Crippen LogP contribution >= 0.6 is 0 Å². The molecular weight excluding hydrogens is 250 g/mol. The maximum absolute atomic E-state index is 12.2. The summed E-state index contributed by atoms with van der Waals surface area (Å²) in [7, 11) is 0. The molecule has 2 rings (SSSR count). The third-order valence-corrected chi connectivity index (χ3v) is 3.82. The van der Waals surface area contributed by atoms with Crippen molar-refractivity contribution in [3.8, 4) is 0 Å². The van der Waals surface area contributed by atoms with Crippen molar-refractivity contribution in [3.05, 3.63) is 29.6 Å². The van der Waals surface area contributed by atoms with Crippen molar-refractivity contribution in [3.63, 3.8) is 0 Å². The number of imidazole rings is 1. The van der Waals surface area contributed by atoms with Gasteiger partial charge >= 0.3 is 0 Å². The summed E-state index contributed by atoms with van der Waals surface area (Å²) in [4.78, 5) is 16.6. The number of fused-ring (bicyclic) bond motifs is 1. The van der Waals surface area contributed by atoms with E-state index in [0.717, 1.165) is 30.4 Å². The van der Waals surface area contributed by atoms with E-state index < -0.39 is 0 Å². The van der Waals surface area contributed by atoms with E-state index in [0.29, 0.717) is 0 Å². The average Bonchev–Trinajstić information content (AvgIpc) is 2.81.